The number of halogens is 2. The van der Waals surface area contributed by atoms with E-state index in [0.717, 1.165) is 12.1 Å². The molecule has 3 nitrogen and oxygen atoms in total. The van der Waals surface area contributed by atoms with Crippen LogP contribution in [-0.2, 0) is 6.61 Å². The Morgan fingerprint density at radius 2 is 1.75 bits per heavy atom. The molecule has 5 heteroatoms. The highest BCUT2D eigenvalue weighted by molar-refractivity contribution is 5.43. The maximum Gasteiger partial charge on any atom is 0.132 e. The van der Waals surface area contributed by atoms with Crippen molar-refractivity contribution in [3.8, 4) is 17.6 Å². The number of ether oxygens (including phenoxy) is 2. The number of hydrogen-bond acceptors (Lipinski definition) is 3. The first-order valence-electron chi connectivity index (χ1n) is 5.79. The third-order valence-corrected chi connectivity index (χ3v) is 2.69. The summed E-state index contributed by atoms with van der Waals surface area (Å²) in [5.41, 5.74) is 0.183. The van der Waals surface area contributed by atoms with Crippen molar-refractivity contribution in [2.75, 3.05) is 7.11 Å². The average Bonchev–Trinajstić information content (AvgIpc) is 2.46. The predicted molar refractivity (Wildman–Crippen MR) is 68.4 cm³/mol. The number of nitriles is 1. The van der Waals surface area contributed by atoms with Crippen molar-refractivity contribution < 1.29 is 18.3 Å². The SMILES string of the molecule is COc1cc(C#N)cc(OCc2c(F)cccc2F)c1. The molecule has 0 spiro atoms. The molecule has 0 amide bonds. The molecule has 0 aliphatic rings. The summed E-state index contributed by atoms with van der Waals surface area (Å²) in [6.07, 6.45) is 0. The van der Waals surface area contributed by atoms with E-state index in [2.05, 4.69) is 0 Å². The second kappa shape index (κ2) is 6.02. The van der Waals surface area contributed by atoms with Crippen LogP contribution < -0.4 is 9.47 Å². The molecule has 0 aliphatic carbocycles. The molecule has 0 aromatic heterocycles. The zero-order valence-electron chi connectivity index (χ0n) is 10.7. The molecule has 2 rings (SSSR count). The maximum atomic E-state index is 13.4. The first-order chi connectivity index (χ1) is 9.63. The van der Waals surface area contributed by atoms with Crippen LogP contribution in [0.2, 0.25) is 0 Å². The lowest BCUT2D eigenvalue weighted by atomic mass is 10.2. The average molecular weight is 275 g/mol. The highest BCUT2D eigenvalue weighted by Gasteiger charge is 2.10. The molecule has 0 radical (unpaired) electrons. The Morgan fingerprint density at radius 1 is 1.10 bits per heavy atom. The van der Waals surface area contributed by atoms with E-state index < -0.39 is 11.6 Å². The summed E-state index contributed by atoms with van der Waals surface area (Å²) >= 11 is 0. The molecule has 2 aromatic rings. The standard InChI is InChI=1S/C15H11F2NO2/c1-19-11-5-10(8-18)6-12(7-11)20-9-13-14(16)3-2-4-15(13)17/h2-7H,9H2,1H3. The molecule has 0 heterocycles. The molecule has 0 atom stereocenters. The third-order valence-electron chi connectivity index (χ3n) is 2.69. The van der Waals surface area contributed by atoms with Crippen molar-refractivity contribution >= 4 is 0 Å². The van der Waals surface area contributed by atoms with Gasteiger partial charge < -0.3 is 9.47 Å². The van der Waals surface area contributed by atoms with Gasteiger partial charge >= 0.3 is 0 Å². The molecule has 0 aliphatic heterocycles. The van der Waals surface area contributed by atoms with Crippen LogP contribution in [0.4, 0.5) is 8.78 Å². The lowest BCUT2D eigenvalue weighted by Crippen LogP contribution is -2.02. The minimum atomic E-state index is -0.673. The zero-order chi connectivity index (χ0) is 14.5. The summed E-state index contributed by atoms with van der Waals surface area (Å²) in [5, 5.41) is 8.87. The van der Waals surface area contributed by atoms with Gasteiger partial charge in [-0.1, -0.05) is 6.07 Å². The summed E-state index contributed by atoms with van der Waals surface area (Å²) in [6.45, 7) is -0.267. The third kappa shape index (κ3) is 3.04. The van der Waals surface area contributed by atoms with Gasteiger partial charge in [-0.2, -0.15) is 5.26 Å². The van der Waals surface area contributed by atoms with E-state index in [0.29, 0.717) is 17.1 Å². The van der Waals surface area contributed by atoms with Crippen molar-refractivity contribution in [1.82, 2.24) is 0 Å². The minimum absolute atomic E-state index is 0.158. The van der Waals surface area contributed by atoms with Gasteiger partial charge in [0.05, 0.1) is 24.3 Å². The predicted octanol–water partition coefficient (Wildman–Crippen LogP) is 3.42. The van der Waals surface area contributed by atoms with Crippen molar-refractivity contribution in [3.05, 3.63) is 59.2 Å². The van der Waals surface area contributed by atoms with E-state index in [4.69, 9.17) is 14.7 Å². The maximum absolute atomic E-state index is 13.4. The van der Waals surface area contributed by atoms with Crippen LogP contribution in [0.15, 0.2) is 36.4 Å². The van der Waals surface area contributed by atoms with Crippen LogP contribution in [0.3, 0.4) is 0 Å². The summed E-state index contributed by atoms with van der Waals surface area (Å²) in [6, 6.07) is 10.1. The van der Waals surface area contributed by atoms with Gasteiger partial charge in [0.2, 0.25) is 0 Å². The minimum Gasteiger partial charge on any atom is -0.497 e. The van der Waals surface area contributed by atoms with Gasteiger partial charge in [0, 0.05) is 6.07 Å². The largest absolute Gasteiger partial charge is 0.497 e. The van der Waals surface area contributed by atoms with Crippen molar-refractivity contribution in [1.29, 1.82) is 5.26 Å². The topological polar surface area (TPSA) is 42.2 Å². The van der Waals surface area contributed by atoms with Gasteiger partial charge in [0.25, 0.3) is 0 Å². The van der Waals surface area contributed by atoms with Crippen LogP contribution in [0, 0.1) is 23.0 Å². The van der Waals surface area contributed by atoms with Crippen molar-refractivity contribution in [2.24, 2.45) is 0 Å². The Balaban J connectivity index is 2.21. The Kier molecular flexibility index (Phi) is 4.16. The summed E-state index contributed by atoms with van der Waals surface area (Å²) in [7, 11) is 1.46. The second-order valence-corrected chi connectivity index (χ2v) is 4.00. The Bertz CT molecular complexity index is 645. The van der Waals surface area contributed by atoms with E-state index >= 15 is 0 Å². The molecular weight excluding hydrogens is 264 g/mol. The number of benzene rings is 2. The summed E-state index contributed by atoms with van der Waals surface area (Å²) < 4.78 is 37.2. The van der Waals surface area contributed by atoms with Gasteiger partial charge in [-0.3, -0.25) is 0 Å². The fourth-order valence-corrected chi connectivity index (χ4v) is 1.66. The normalized spacial score (nSPS) is 9.90. The van der Waals surface area contributed by atoms with Crippen LogP contribution in [0.5, 0.6) is 11.5 Å². The summed E-state index contributed by atoms with van der Waals surface area (Å²) in [5.74, 6) is -0.599. The van der Waals surface area contributed by atoms with Gasteiger partial charge in [0.15, 0.2) is 0 Å². The molecule has 20 heavy (non-hydrogen) atoms. The Hall–Kier alpha value is -2.61. The highest BCUT2D eigenvalue weighted by Crippen LogP contribution is 2.24. The quantitative estimate of drug-likeness (QED) is 0.858. The van der Waals surface area contributed by atoms with Gasteiger partial charge in [-0.25, -0.2) is 8.78 Å². The number of nitrogens with zero attached hydrogens (tertiary/aromatic N) is 1. The fourth-order valence-electron chi connectivity index (χ4n) is 1.66. The van der Waals surface area contributed by atoms with Crippen LogP contribution in [0.25, 0.3) is 0 Å². The van der Waals surface area contributed by atoms with Gasteiger partial charge in [-0.05, 0) is 24.3 Å². The molecule has 2 aromatic carbocycles. The summed E-state index contributed by atoms with van der Waals surface area (Å²) in [4.78, 5) is 0. The Labute approximate surface area is 115 Å². The lowest BCUT2D eigenvalue weighted by Gasteiger charge is -2.09. The number of hydrogen-bond donors (Lipinski definition) is 0. The highest BCUT2D eigenvalue weighted by atomic mass is 19.1. The Morgan fingerprint density at radius 3 is 2.35 bits per heavy atom. The molecule has 0 fully saturated rings. The molecule has 0 bridgehead atoms. The van der Waals surface area contributed by atoms with E-state index in [1.54, 1.807) is 6.07 Å². The number of methoxy groups -OCH3 is 1. The van der Waals surface area contributed by atoms with Crippen molar-refractivity contribution in [2.45, 2.75) is 6.61 Å². The molecule has 102 valence electrons. The van der Waals surface area contributed by atoms with Crippen LogP contribution in [0.1, 0.15) is 11.1 Å². The lowest BCUT2D eigenvalue weighted by molar-refractivity contribution is 0.290. The zero-order valence-corrected chi connectivity index (χ0v) is 10.7. The monoisotopic (exact) mass is 275 g/mol. The van der Waals surface area contributed by atoms with Crippen LogP contribution in [-0.4, -0.2) is 7.11 Å². The molecule has 0 saturated heterocycles. The van der Waals surface area contributed by atoms with E-state index in [1.807, 2.05) is 6.07 Å². The molecular formula is C15H11F2NO2. The molecule has 0 unspecified atom stereocenters. The number of rotatable bonds is 4. The smallest absolute Gasteiger partial charge is 0.132 e. The molecule has 0 N–H and O–H groups in total. The molecule has 0 saturated carbocycles. The first kappa shape index (κ1) is 13.8. The van der Waals surface area contributed by atoms with Gasteiger partial charge in [-0.15, -0.1) is 0 Å². The van der Waals surface area contributed by atoms with E-state index in [1.165, 1.54) is 25.3 Å². The van der Waals surface area contributed by atoms with Crippen LogP contribution >= 0.6 is 0 Å². The van der Waals surface area contributed by atoms with Gasteiger partial charge in [0.1, 0.15) is 29.7 Å². The van der Waals surface area contributed by atoms with E-state index in [9.17, 15) is 8.78 Å². The fraction of sp³-hybridized carbons (Fsp3) is 0.133. The second-order valence-electron chi connectivity index (χ2n) is 4.00. The van der Waals surface area contributed by atoms with E-state index in [-0.39, 0.29) is 12.2 Å². The first-order valence-corrected chi connectivity index (χ1v) is 5.79. The van der Waals surface area contributed by atoms with Crippen molar-refractivity contribution in [3.63, 3.8) is 0 Å².